The number of benzene rings is 2. The summed E-state index contributed by atoms with van der Waals surface area (Å²) in [4.78, 5) is 31.2. The monoisotopic (exact) mass is 423 g/mol. The predicted octanol–water partition coefficient (Wildman–Crippen LogP) is 3.97. The van der Waals surface area contributed by atoms with Gasteiger partial charge in [0, 0.05) is 49.0 Å². The number of fused-ring (bicyclic) bond motifs is 1. The molecule has 0 spiro atoms. The van der Waals surface area contributed by atoms with Crippen molar-refractivity contribution in [2.75, 3.05) is 31.1 Å². The lowest BCUT2D eigenvalue weighted by molar-refractivity contribution is -0.130. The summed E-state index contributed by atoms with van der Waals surface area (Å²) < 4.78 is 0. The first-order chi connectivity index (χ1) is 15.8. The molecular formula is C26H25N5O. The number of rotatable bonds is 4. The maximum absolute atomic E-state index is 12.9. The smallest absolute Gasteiger partial charge is 0.228 e. The van der Waals surface area contributed by atoms with Gasteiger partial charge in [-0.15, -0.1) is 0 Å². The van der Waals surface area contributed by atoms with Gasteiger partial charge < -0.3 is 9.80 Å². The Morgan fingerprint density at radius 2 is 1.62 bits per heavy atom. The fourth-order valence-corrected chi connectivity index (χ4v) is 4.17. The van der Waals surface area contributed by atoms with Crippen molar-refractivity contribution in [2.24, 2.45) is 0 Å². The van der Waals surface area contributed by atoms with Crippen LogP contribution >= 0.6 is 0 Å². The standard InChI is InChI=1S/C26H25N5O/c32-24(19-21-11-6-7-14-27-21)30-15-8-16-31(18-17-30)26-22-12-4-5-13-23(22)28-25(29-26)20-9-2-1-3-10-20/h1-7,9-14H,8,15-19H2. The molecule has 0 aliphatic carbocycles. The number of para-hydroxylation sites is 1. The zero-order valence-corrected chi connectivity index (χ0v) is 17.9. The van der Waals surface area contributed by atoms with E-state index in [1.54, 1.807) is 6.20 Å². The third kappa shape index (κ3) is 4.30. The normalized spacial score (nSPS) is 14.4. The summed E-state index contributed by atoms with van der Waals surface area (Å²) >= 11 is 0. The zero-order valence-electron chi connectivity index (χ0n) is 17.9. The number of carbonyl (C=O) groups is 1. The van der Waals surface area contributed by atoms with E-state index in [-0.39, 0.29) is 5.91 Å². The van der Waals surface area contributed by atoms with Crippen LogP contribution in [-0.2, 0) is 11.2 Å². The minimum atomic E-state index is 0.128. The SMILES string of the molecule is O=C(Cc1ccccn1)N1CCCN(c2nc(-c3ccccc3)nc3ccccc23)CC1. The van der Waals surface area contributed by atoms with Crippen LogP contribution in [0.15, 0.2) is 79.0 Å². The molecule has 0 atom stereocenters. The number of hydrogen-bond acceptors (Lipinski definition) is 5. The summed E-state index contributed by atoms with van der Waals surface area (Å²) in [5.74, 6) is 1.79. The zero-order chi connectivity index (χ0) is 21.8. The van der Waals surface area contributed by atoms with E-state index in [9.17, 15) is 4.79 Å². The van der Waals surface area contributed by atoms with Crippen LogP contribution in [0.4, 0.5) is 5.82 Å². The van der Waals surface area contributed by atoms with Crippen LogP contribution in [-0.4, -0.2) is 51.9 Å². The number of amides is 1. The lowest BCUT2D eigenvalue weighted by Gasteiger charge is -2.24. The average molecular weight is 424 g/mol. The quantitative estimate of drug-likeness (QED) is 0.497. The average Bonchev–Trinajstić information content (AvgIpc) is 3.11. The Morgan fingerprint density at radius 3 is 2.47 bits per heavy atom. The van der Waals surface area contributed by atoms with Crippen molar-refractivity contribution in [3.05, 3.63) is 84.7 Å². The highest BCUT2D eigenvalue weighted by molar-refractivity contribution is 5.91. The van der Waals surface area contributed by atoms with Gasteiger partial charge in [0.2, 0.25) is 5.91 Å². The van der Waals surface area contributed by atoms with Crippen molar-refractivity contribution in [3.8, 4) is 11.4 Å². The van der Waals surface area contributed by atoms with Gasteiger partial charge in [-0.25, -0.2) is 9.97 Å². The van der Waals surface area contributed by atoms with E-state index < -0.39 is 0 Å². The number of nitrogens with zero attached hydrogens (tertiary/aromatic N) is 5. The minimum Gasteiger partial charge on any atom is -0.354 e. The Kier molecular flexibility index (Phi) is 5.75. The van der Waals surface area contributed by atoms with Crippen LogP contribution < -0.4 is 4.90 Å². The van der Waals surface area contributed by atoms with Gasteiger partial charge in [-0.3, -0.25) is 9.78 Å². The maximum atomic E-state index is 12.9. The highest BCUT2D eigenvalue weighted by atomic mass is 16.2. The summed E-state index contributed by atoms with van der Waals surface area (Å²) in [5, 5.41) is 1.04. The topological polar surface area (TPSA) is 62.2 Å². The molecule has 0 saturated carbocycles. The Bertz CT molecular complexity index is 1210. The van der Waals surface area contributed by atoms with E-state index in [1.807, 2.05) is 71.6 Å². The largest absolute Gasteiger partial charge is 0.354 e. The Balaban J connectivity index is 1.40. The number of hydrogen-bond donors (Lipinski definition) is 0. The van der Waals surface area contributed by atoms with Gasteiger partial charge in [0.1, 0.15) is 5.82 Å². The number of aromatic nitrogens is 3. The van der Waals surface area contributed by atoms with E-state index in [2.05, 4.69) is 16.0 Å². The number of pyridine rings is 1. The van der Waals surface area contributed by atoms with Crippen LogP contribution in [0.25, 0.3) is 22.3 Å². The predicted molar refractivity (Wildman–Crippen MR) is 126 cm³/mol. The van der Waals surface area contributed by atoms with Gasteiger partial charge in [0.05, 0.1) is 11.9 Å². The van der Waals surface area contributed by atoms with E-state index in [1.165, 1.54) is 0 Å². The van der Waals surface area contributed by atoms with Gasteiger partial charge in [-0.1, -0.05) is 48.5 Å². The first-order valence-corrected chi connectivity index (χ1v) is 11.0. The van der Waals surface area contributed by atoms with Crippen LogP contribution in [0.1, 0.15) is 12.1 Å². The molecule has 4 aromatic rings. The third-order valence-corrected chi connectivity index (χ3v) is 5.82. The highest BCUT2D eigenvalue weighted by Crippen LogP contribution is 2.28. The maximum Gasteiger partial charge on any atom is 0.228 e. The van der Waals surface area contributed by atoms with Crippen molar-refractivity contribution in [2.45, 2.75) is 12.8 Å². The lowest BCUT2D eigenvalue weighted by Crippen LogP contribution is -2.36. The number of carbonyl (C=O) groups excluding carboxylic acids is 1. The number of anilines is 1. The van der Waals surface area contributed by atoms with Crippen molar-refractivity contribution >= 4 is 22.6 Å². The van der Waals surface area contributed by atoms with Crippen molar-refractivity contribution in [1.29, 1.82) is 0 Å². The summed E-state index contributed by atoms with van der Waals surface area (Å²) in [6, 6.07) is 23.9. The van der Waals surface area contributed by atoms with Crippen LogP contribution in [0, 0.1) is 0 Å². The van der Waals surface area contributed by atoms with E-state index >= 15 is 0 Å². The molecule has 0 unspecified atom stereocenters. The highest BCUT2D eigenvalue weighted by Gasteiger charge is 2.22. The van der Waals surface area contributed by atoms with Crippen molar-refractivity contribution in [3.63, 3.8) is 0 Å². The molecule has 0 N–H and O–H groups in total. The fraction of sp³-hybridized carbons (Fsp3) is 0.231. The summed E-state index contributed by atoms with van der Waals surface area (Å²) in [6.07, 6.45) is 2.97. The molecule has 3 heterocycles. The van der Waals surface area contributed by atoms with E-state index in [0.717, 1.165) is 59.9 Å². The molecule has 1 aliphatic heterocycles. The van der Waals surface area contributed by atoms with Crippen LogP contribution in [0.5, 0.6) is 0 Å². The molecular weight excluding hydrogens is 398 g/mol. The molecule has 160 valence electrons. The molecule has 5 rings (SSSR count). The first kappa shape index (κ1) is 20.1. The molecule has 6 heteroatoms. The molecule has 1 amide bonds. The third-order valence-electron chi connectivity index (χ3n) is 5.82. The van der Waals surface area contributed by atoms with Crippen LogP contribution in [0.3, 0.4) is 0 Å². The molecule has 1 aliphatic rings. The van der Waals surface area contributed by atoms with Gasteiger partial charge in [0.25, 0.3) is 0 Å². The van der Waals surface area contributed by atoms with Gasteiger partial charge >= 0.3 is 0 Å². The second kappa shape index (κ2) is 9.14. The molecule has 32 heavy (non-hydrogen) atoms. The Labute approximate surface area is 187 Å². The second-order valence-electron chi connectivity index (χ2n) is 7.97. The molecule has 6 nitrogen and oxygen atoms in total. The van der Waals surface area contributed by atoms with Crippen molar-refractivity contribution < 1.29 is 4.79 Å². The van der Waals surface area contributed by atoms with Gasteiger partial charge in [0.15, 0.2) is 5.82 Å². The molecule has 2 aromatic carbocycles. The summed E-state index contributed by atoms with van der Waals surface area (Å²) in [7, 11) is 0. The Hall–Kier alpha value is -3.80. The molecule has 1 saturated heterocycles. The van der Waals surface area contributed by atoms with E-state index in [0.29, 0.717) is 13.0 Å². The summed E-state index contributed by atoms with van der Waals surface area (Å²) in [6.45, 7) is 3.01. The van der Waals surface area contributed by atoms with Crippen molar-refractivity contribution in [1.82, 2.24) is 19.9 Å². The van der Waals surface area contributed by atoms with E-state index in [4.69, 9.17) is 9.97 Å². The van der Waals surface area contributed by atoms with Gasteiger partial charge in [-0.2, -0.15) is 0 Å². The minimum absolute atomic E-state index is 0.128. The summed E-state index contributed by atoms with van der Waals surface area (Å²) in [5.41, 5.74) is 2.75. The second-order valence-corrected chi connectivity index (χ2v) is 7.97. The lowest BCUT2D eigenvalue weighted by atomic mass is 10.1. The molecule has 1 fully saturated rings. The first-order valence-electron chi connectivity index (χ1n) is 11.0. The molecule has 0 bridgehead atoms. The molecule has 2 aromatic heterocycles. The van der Waals surface area contributed by atoms with Gasteiger partial charge in [-0.05, 0) is 30.7 Å². The Morgan fingerprint density at radius 1 is 0.812 bits per heavy atom. The van der Waals surface area contributed by atoms with Crippen LogP contribution in [0.2, 0.25) is 0 Å². The fourth-order valence-electron chi connectivity index (χ4n) is 4.17. The molecule has 0 radical (unpaired) electrons.